The van der Waals surface area contributed by atoms with Crippen LogP contribution in [0.15, 0.2) is 18.5 Å². The molecule has 0 aliphatic heterocycles. The van der Waals surface area contributed by atoms with Gasteiger partial charge in [-0.05, 0) is 31.0 Å². The molecule has 2 N–H and O–H groups in total. The monoisotopic (exact) mass is 310 g/mol. The van der Waals surface area contributed by atoms with E-state index in [1.54, 1.807) is 0 Å². The molecule has 7 heteroatoms. The van der Waals surface area contributed by atoms with Gasteiger partial charge in [0, 0.05) is 6.54 Å². The van der Waals surface area contributed by atoms with Crippen molar-refractivity contribution < 1.29 is 9.47 Å². The highest BCUT2D eigenvalue weighted by Gasteiger charge is 2.12. The maximum absolute atomic E-state index is 6.30. The number of hydrogen-bond donors (Lipinski definition) is 2. The third-order valence-electron chi connectivity index (χ3n) is 2.69. The largest absolute Gasteiger partial charge is 0.490 e. The van der Waals surface area contributed by atoms with Crippen molar-refractivity contribution in [1.82, 2.24) is 15.2 Å². The average molecular weight is 311 g/mol. The second-order valence-corrected chi connectivity index (χ2v) is 4.78. The molecule has 0 aliphatic rings. The summed E-state index contributed by atoms with van der Waals surface area (Å²) in [7, 11) is 0. The zero-order valence-electron chi connectivity index (χ0n) is 12.1. The van der Waals surface area contributed by atoms with E-state index in [0.29, 0.717) is 42.2 Å². The molecule has 1 aromatic carbocycles. The number of aromatic nitrogens is 3. The Morgan fingerprint density at radius 1 is 1.29 bits per heavy atom. The predicted octanol–water partition coefficient (Wildman–Crippen LogP) is 3.26. The van der Waals surface area contributed by atoms with Crippen LogP contribution in [0, 0.1) is 0 Å². The first-order chi connectivity index (χ1) is 10.2. The molecule has 0 amide bonds. The number of H-pyrrole nitrogens is 1. The topological polar surface area (TPSA) is 72.1 Å². The van der Waals surface area contributed by atoms with Crippen LogP contribution in [-0.4, -0.2) is 28.4 Å². The van der Waals surface area contributed by atoms with Crippen molar-refractivity contribution in [2.75, 3.05) is 18.5 Å². The quantitative estimate of drug-likeness (QED) is 0.783. The minimum atomic E-state index is 0.545. The van der Waals surface area contributed by atoms with Gasteiger partial charge in [0.1, 0.15) is 6.33 Å². The number of rotatable bonds is 8. The van der Waals surface area contributed by atoms with Gasteiger partial charge in [-0.25, -0.2) is 10.1 Å². The van der Waals surface area contributed by atoms with Crippen LogP contribution in [-0.2, 0) is 6.54 Å². The first kappa shape index (κ1) is 15.4. The zero-order valence-corrected chi connectivity index (χ0v) is 12.9. The number of halogens is 1. The van der Waals surface area contributed by atoms with E-state index >= 15 is 0 Å². The number of aromatic amines is 1. The van der Waals surface area contributed by atoms with Gasteiger partial charge in [-0.1, -0.05) is 18.5 Å². The van der Waals surface area contributed by atoms with E-state index in [9.17, 15) is 0 Å². The normalized spacial score (nSPS) is 10.4. The standard InChI is InChI=1S/C14H19ClN4O2/c1-3-5-21-13-11(15)6-10(7-12(13)20-4-2)8-16-14-17-9-18-19-14/h6-7,9H,3-5,8H2,1-2H3,(H2,16,17,18,19). The van der Waals surface area contributed by atoms with Crippen LogP contribution in [0.3, 0.4) is 0 Å². The van der Waals surface area contributed by atoms with Crippen molar-refractivity contribution in [2.24, 2.45) is 0 Å². The SMILES string of the molecule is CCCOc1c(Cl)cc(CNc2ncn[nH]2)cc1OCC. The summed E-state index contributed by atoms with van der Waals surface area (Å²) in [5.41, 5.74) is 0.976. The molecule has 2 rings (SSSR count). The fourth-order valence-corrected chi connectivity index (χ4v) is 2.09. The number of anilines is 1. The lowest BCUT2D eigenvalue weighted by atomic mass is 10.2. The number of ether oxygens (including phenoxy) is 2. The van der Waals surface area contributed by atoms with E-state index in [1.165, 1.54) is 6.33 Å². The molecule has 0 radical (unpaired) electrons. The Labute approximate surface area is 128 Å². The number of nitrogens with zero attached hydrogens (tertiary/aromatic N) is 2. The lowest BCUT2D eigenvalue weighted by Gasteiger charge is -2.15. The van der Waals surface area contributed by atoms with Crippen molar-refractivity contribution in [3.8, 4) is 11.5 Å². The lowest BCUT2D eigenvalue weighted by molar-refractivity contribution is 0.277. The lowest BCUT2D eigenvalue weighted by Crippen LogP contribution is -2.04. The highest BCUT2D eigenvalue weighted by atomic mass is 35.5. The van der Waals surface area contributed by atoms with E-state index in [0.717, 1.165) is 12.0 Å². The smallest absolute Gasteiger partial charge is 0.218 e. The van der Waals surface area contributed by atoms with Crippen LogP contribution in [0.2, 0.25) is 5.02 Å². The summed E-state index contributed by atoms with van der Waals surface area (Å²) in [6.45, 7) is 5.69. The molecule has 0 saturated heterocycles. The van der Waals surface area contributed by atoms with Crippen LogP contribution < -0.4 is 14.8 Å². The molecule has 0 saturated carbocycles. The minimum Gasteiger partial charge on any atom is -0.490 e. The van der Waals surface area contributed by atoms with Crippen LogP contribution in [0.5, 0.6) is 11.5 Å². The third kappa shape index (κ3) is 4.26. The van der Waals surface area contributed by atoms with Gasteiger partial charge in [-0.3, -0.25) is 0 Å². The molecule has 1 aromatic heterocycles. The highest BCUT2D eigenvalue weighted by Crippen LogP contribution is 2.37. The number of nitrogens with one attached hydrogen (secondary N) is 2. The Bertz CT molecular complexity index is 560. The highest BCUT2D eigenvalue weighted by molar-refractivity contribution is 6.32. The van der Waals surface area contributed by atoms with Gasteiger partial charge in [-0.15, -0.1) is 0 Å². The Kier molecular flexibility index (Phi) is 5.68. The molecular weight excluding hydrogens is 292 g/mol. The Balaban J connectivity index is 2.14. The molecule has 0 bridgehead atoms. The van der Waals surface area contributed by atoms with E-state index in [1.807, 2.05) is 26.0 Å². The molecule has 1 heterocycles. The molecule has 0 unspecified atom stereocenters. The van der Waals surface area contributed by atoms with Gasteiger partial charge in [0.2, 0.25) is 5.95 Å². The fraction of sp³-hybridized carbons (Fsp3) is 0.429. The second-order valence-electron chi connectivity index (χ2n) is 4.37. The summed E-state index contributed by atoms with van der Waals surface area (Å²) < 4.78 is 11.3. The summed E-state index contributed by atoms with van der Waals surface area (Å²) >= 11 is 6.30. The van der Waals surface area contributed by atoms with Crippen LogP contribution in [0.1, 0.15) is 25.8 Å². The van der Waals surface area contributed by atoms with Crippen molar-refractivity contribution >= 4 is 17.5 Å². The molecule has 0 aliphatic carbocycles. The molecule has 114 valence electrons. The molecule has 6 nitrogen and oxygen atoms in total. The molecule has 0 atom stereocenters. The van der Waals surface area contributed by atoms with Gasteiger partial charge < -0.3 is 14.8 Å². The van der Waals surface area contributed by atoms with E-state index < -0.39 is 0 Å². The molecular formula is C14H19ClN4O2. The molecule has 2 aromatic rings. The third-order valence-corrected chi connectivity index (χ3v) is 2.98. The van der Waals surface area contributed by atoms with Crippen molar-refractivity contribution in [1.29, 1.82) is 0 Å². The van der Waals surface area contributed by atoms with Gasteiger partial charge in [-0.2, -0.15) is 5.10 Å². The van der Waals surface area contributed by atoms with E-state index in [2.05, 4.69) is 20.5 Å². The maximum Gasteiger partial charge on any atom is 0.218 e. The predicted molar refractivity (Wildman–Crippen MR) is 82.1 cm³/mol. The Morgan fingerprint density at radius 3 is 2.81 bits per heavy atom. The summed E-state index contributed by atoms with van der Waals surface area (Å²) in [4.78, 5) is 4.00. The first-order valence-corrected chi connectivity index (χ1v) is 7.29. The fourth-order valence-electron chi connectivity index (χ4n) is 1.81. The first-order valence-electron chi connectivity index (χ1n) is 6.91. The van der Waals surface area contributed by atoms with Gasteiger partial charge >= 0.3 is 0 Å². The Morgan fingerprint density at radius 2 is 2.14 bits per heavy atom. The van der Waals surface area contributed by atoms with Gasteiger partial charge in [0.15, 0.2) is 11.5 Å². The summed E-state index contributed by atoms with van der Waals surface area (Å²) in [5.74, 6) is 1.87. The second kappa shape index (κ2) is 7.73. The van der Waals surface area contributed by atoms with E-state index in [-0.39, 0.29) is 0 Å². The van der Waals surface area contributed by atoms with Crippen LogP contribution >= 0.6 is 11.6 Å². The van der Waals surface area contributed by atoms with Gasteiger partial charge in [0.05, 0.1) is 18.2 Å². The summed E-state index contributed by atoms with van der Waals surface area (Å²) in [6, 6.07) is 3.78. The zero-order chi connectivity index (χ0) is 15.1. The average Bonchev–Trinajstić information content (AvgIpc) is 2.98. The molecule has 0 spiro atoms. The van der Waals surface area contributed by atoms with Gasteiger partial charge in [0.25, 0.3) is 0 Å². The van der Waals surface area contributed by atoms with Crippen LogP contribution in [0.4, 0.5) is 5.95 Å². The van der Waals surface area contributed by atoms with Crippen molar-refractivity contribution in [2.45, 2.75) is 26.8 Å². The molecule has 0 fully saturated rings. The van der Waals surface area contributed by atoms with Crippen LogP contribution in [0.25, 0.3) is 0 Å². The Hall–Kier alpha value is -1.95. The number of benzene rings is 1. The van der Waals surface area contributed by atoms with Crippen molar-refractivity contribution in [3.05, 3.63) is 29.0 Å². The molecule has 21 heavy (non-hydrogen) atoms. The minimum absolute atomic E-state index is 0.545. The summed E-state index contributed by atoms with van der Waals surface area (Å²) in [5, 5.41) is 10.2. The van der Waals surface area contributed by atoms with E-state index in [4.69, 9.17) is 21.1 Å². The van der Waals surface area contributed by atoms with Crippen molar-refractivity contribution in [3.63, 3.8) is 0 Å². The summed E-state index contributed by atoms with van der Waals surface area (Å²) in [6.07, 6.45) is 2.36. The number of hydrogen-bond acceptors (Lipinski definition) is 5. The maximum atomic E-state index is 6.30.